The summed E-state index contributed by atoms with van der Waals surface area (Å²) in [5.74, 6) is 4.38. The van der Waals surface area contributed by atoms with Crippen LogP contribution >= 0.6 is 0 Å². The first-order valence-electron chi connectivity index (χ1n) is 3.23. The Bertz CT molecular complexity index is 243. The lowest BCUT2D eigenvalue weighted by molar-refractivity contribution is 0.494. The molecule has 0 unspecified atom stereocenters. The van der Waals surface area contributed by atoms with E-state index in [0.29, 0.717) is 6.42 Å². The topological polar surface area (TPSA) is 13.1 Å². The van der Waals surface area contributed by atoms with E-state index in [-0.39, 0.29) is 0 Å². The van der Waals surface area contributed by atoms with E-state index in [2.05, 4.69) is 5.92 Å². The first-order chi connectivity index (χ1) is 4.74. The Kier molecular flexibility index (Phi) is 1.82. The third kappa shape index (κ3) is 1.22. The van der Waals surface area contributed by atoms with E-state index >= 15 is 0 Å². The van der Waals surface area contributed by atoms with Crippen molar-refractivity contribution in [2.45, 2.75) is 20.3 Å². The van der Waals surface area contributed by atoms with Crippen molar-refractivity contribution in [1.29, 1.82) is 0 Å². The lowest BCUT2D eigenvalue weighted by atomic mass is 10.2. The normalized spacial score (nSPS) is 9.30. The summed E-state index contributed by atoms with van der Waals surface area (Å²) < 4.78 is 5.31. The maximum absolute atomic E-state index is 5.31. The van der Waals surface area contributed by atoms with Crippen molar-refractivity contribution < 1.29 is 4.42 Å². The summed E-state index contributed by atoms with van der Waals surface area (Å²) in [6.45, 7) is 3.95. The highest BCUT2D eigenvalue weighted by Crippen LogP contribution is 2.12. The first kappa shape index (κ1) is 6.95. The van der Waals surface area contributed by atoms with Gasteiger partial charge in [0, 0.05) is 0 Å². The summed E-state index contributed by atoms with van der Waals surface area (Å²) in [5, 5.41) is 0. The summed E-state index contributed by atoms with van der Waals surface area (Å²) in [6, 6.07) is 1.98. The zero-order valence-electron chi connectivity index (χ0n) is 6.27. The molecule has 0 aliphatic rings. The number of rotatable bonds is 1. The molecule has 0 aliphatic heterocycles. The maximum Gasteiger partial charge on any atom is 0.116 e. The minimum absolute atomic E-state index is 0.592. The number of aryl methyl sites for hydroxylation is 2. The number of terminal acetylenes is 1. The van der Waals surface area contributed by atoms with E-state index in [1.54, 1.807) is 0 Å². The van der Waals surface area contributed by atoms with Crippen molar-refractivity contribution in [3.8, 4) is 12.3 Å². The lowest BCUT2D eigenvalue weighted by Gasteiger charge is -1.83. The van der Waals surface area contributed by atoms with Gasteiger partial charge in [0.2, 0.25) is 0 Å². The molecular weight excluding hydrogens is 124 g/mol. The van der Waals surface area contributed by atoms with Crippen LogP contribution in [-0.4, -0.2) is 0 Å². The predicted molar refractivity (Wildman–Crippen MR) is 40.7 cm³/mol. The number of hydrogen-bond acceptors (Lipinski definition) is 1. The monoisotopic (exact) mass is 134 g/mol. The van der Waals surface area contributed by atoms with Gasteiger partial charge in [0.1, 0.15) is 11.5 Å². The molecule has 0 radical (unpaired) electrons. The van der Waals surface area contributed by atoms with Crippen molar-refractivity contribution >= 4 is 0 Å². The van der Waals surface area contributed by atoms with Crippen LogP contribution in [0.2, 0.25) is 0 Å². The molecule has 0 bridgehead atoms. The van der Waals surface area contributed by atoms with Crippen molar-refractivity contribution in [2.75, 3.05) is 0 Å². The van der Waals surface area contributed by atoms with Gasteiger partial charge in [0.15, 0.2) is 0 Å². The van der Waals surface area contributed by atoms with E-state index in [4.69, 9.17) is 10.8 Å². The molecule has 0 aromatic carbocycles. The third-order valence-electron chi connectivity index (χ3n) is 1.49. The number of hydrogen-bond donors (Lipinski definition) is 0. The summed E-state index contributed by atoms with van der Waals surface area (Å²) in [6.07, 6.45) is 5.70. The fourth-order valence-electron chi connectivity index (χ4n) is 0.837. The van der Waals surface area contributed by atoms with E-state index in [9.17, 15) is 0 Å². The zero-order valence-corrected chi connectivity index (χ0v) is 6.27. The van der Waals surface area contributed by atoms with Crippen LogP contribution in [0.1, 0.15) is 17.1 Å². The van der Waals surface area contributed by atoms with Gasteiger partial charge in [-0.3, -0.25) is 0 Å². The first-order valence-corrected chi connectivity index (χ1v) is 3.23. The Morgan fingerprint density at radius 1 is 1.60 bits per heavy atom. The van der Waals surface area contributed by atoms with Crippen LogP contribution < -0.4 is 0 Å². The van der Waals surface area contributed by atoms with Crippen LogP contribution in [0.5, 0.6) is 0 Å². The van der Waals surface area contributed by atoms with Crippen LogP contribution in [0, 0.1) is 26.2 Å². The molecule has 1 aromatic heterocycles. The van der Waals surface area contributed by atoms with E-state index in [1.807, 2.05) is 19.9 Å². The average molecular weight is 134 g/mol. The molecule has 1 rings (SSSR count). The SMILES string of the molecule is C#CCc1cc(C)c(C)o1. The summed E-state index contributed by atoms with van der Waals surface area (Å²) in [5.41, 5.74) is 1.17. The van der Waals surface area contributed by atoms with Crippen LogP contribution in [0.3, 0.4) is 0 Å². The number of furan rings is 1. The van der Waals surface area contributed by atoms with Crippen molar-refractivity contribution in [3.63, 3.8) is 0 Å². The third-order valence-corrected chi connectivity index (χ3v) is 1.49. The lowest BCUT2D eigenvalue weighted by Crippen LogP contribution is -1.71. The summed E-state index contributed by atoms with van der Waals surface area (Å²) in [4.78, 5) is 0. The average Bonchev–Trinajstić information content (AvgIpc) is 2.14. The summed E-state index contributed by atoms with van der Waals surface area (Å²) >= 11 is 0. The Labute approximate surface area is 61.0 Å². The minimum atomic E-state index is 0.592. The molecule has 0 atom stereocenters. The predicted octanol–water partition coefficient (Wildman–Crippen LogP) is 2.07. The van der Waals surface area contributed by atoms with Crippen molar-refractivity contribution in [1.82, 2.24) is 0 Å². The fraction of sp³-hybridized carbons (Fsp3) is 0.333. The van der Waals surface area contributed by atoms with Crippen LogP contribution in [0.4, 0.5) is 0 Å². The Morgan fingerprint density at radius 3 is 2.70 bits per heavy atom. The highest BCUT2D eigenvalue weighted by atomic mass is 16.3. The largest absolute Gasteiger partial charge is 0.465 e. The van der Waals surface area contributed by atoms with Gasteiger partial charge >= 0.3 is 0 Å². The van der Waals surface area contributed by atoms with Crippen molar-refractivity contribution in [3.05, 3.63) is 23.2 Å². The molecule has 0 amide bonds. The summed E-state index contributed by atoms with van der Waals surface area (Å²) in [7, 11) is 0. The zero-order chi connectivity index (χ0) is 7.56. The molecule has 0 saturated heterocycles. The second-order valence-corrected chi connectivity index (χ2v) is 2.33. The quantitative estimate of drug-likeness (QED) is 0.536. The molecule has 0 N–H and O–H groups in total. The van der Waals surface area contributed by atoms with E-state index in [1.165, 1.54) is 5.56 Å². The molecule has 1 nitrogen and oxygen atoms in total. The van der Waals surface area contributed by atoms with Crippen LogP contribution in [0.25, 0.3) is 0 Å². The molecule has 10 heavy (non-hydrogen) atoms. The Hall–Kier alpha value is -1.16. The van der Waals surface area contributed by atoms with Gasteiger partial charge in [0.25, 0.3) is 0 Å². The van der Waals surface area contributed by atoms with Crippen LogP contribution in [0.15, 0.2) is 10.5 Å². The molecule has 1 aromatic rings. The molecule has 1 heterocycles. The molecular formula is C9H10O. The highest BCUT2D eigenvalue weighted by molar-refractivity contribution is 5.20. The van der Waals surface area contributed by atoms with E-state index < -0.39 is 0 Å². The molecule has 0 aliphatic carbocycles. The van der Waals surface area contributed by atoms with Crippen LogP contribution in [-0.2, 0) is 6.42 Å². The molecule has 52 valence electrons. The second kappa shape index (κ2) is 2.62. The Morgan fingerprint density at radius 2 is 2.30 bits per heavy atom. The van der Waals surface area contributed by atoms with Gasteiger partial charge in [-0.15, -0.1) is 6.42 Å². The molecule has 0 fully saturated rings. The molecule has 0 spiro atoms. The Balaban J connectivity index is 2.90. The second-order valence-electron chi connectivity index (χ2n) is 2.33. The fourth-order valence-corrected chi connectivity index (χ4v) is 0.837. The smallest absolute Gasteiger partial charge is 0.116 e. The standard InChI is InChI=1S/C9H10O/c1-4-5-9-6-7(2)8(3)10-9/h1,6H,5H2,2-3H3. The minimum Gasteiger partial charge on any atom is -0.465 e. The van der Waals surface area contributed by atoms with Gasteiger partial charge in [-0.2, -0.15) is 0 Å². The van der Waals surface area contributed by atoms with Gasteiger partial charge in [-0.05, 0) is 25.5 Å². The van der Waals surface area contributed by atoms with E-state index in [0.717, 1.165) is 11.5 Å². The van der Waals surface area contributed by atoms with Crippen molar-refractivity contribution in [2.24, 2.45) is 0 Å². The maximum atomic E-state index is 5.31. The van der Waals surface area contributed by atoms with Gasteiger partial charge in [0.05, 0.1) is 6.42 Å². The van der Waals surface area contributed by atoms with Gasteiger partial charge < -0.3 is 4.42 Å². The van der Waals surface area contributed by atoms with Gasteiger partial charge in [-0.1, -0.05) is 5.92 Å². The van der Waals surface area contributed by atoms with Gasteiger partial charge in [-0.25, -0.2) is 0 Å². The molecule has 0 saturated carbocycles. The highest BCUT2D eigenvalue weighted by Gasteiger charge is 1.99. The molecule has 1 heteroatoms.